The van der Waals surface area contributed by atoms with E-state index in [-0.39, 0.29) is 17.7 Å². The van der Waals surface area contributed by atoms with Crippen molar-refractivity contribution >= 4 is 16.9 Å². The first-order valence-electron chi connectivity index (χ1n) is 10.3. The first-order chi connectivity index (χ1) is 15.1. The molecular formula is C24H23N5O2. The maximum absolute atomic E-state index is 13.9. The van der Waals surface area contributed by atoms with Gasteiger partial charge < -0.3 is 15.3 Å². The van der Waals surface area contributed by atoms with Crippen LogP contribution < -0.4 is 5.32 Å². The summed E-state index contributed by atoms with van der Waals surface area (Å²) in [5.74, 6) is 0.149. The third kappa shape index (κ3) is 3.53. The molecule has 0 radical (unpaired) electrons. The lowest BCUT2D eigenvalue weighted by Crippen LogP contribution is -2.48. The van der Waals surface area contributed by atoms with Crippen LogP contribution in [0.2, 0.25) is 0 Å². The monoisotopic (exact) mass is 413 g/mol. The van der Waals surface area contributed by atoms with Crippen LogP contribution in [0.25, 0.3) is 22.3 Å². The number of aromatic nitrogens is 3. The summed E-state index contributed by atoms with van der Waals surface area (Å²) in [5.41, 5.74) is 4.48. The zero-order valence-electron chi connectivity index (χ0n) is 17.2. The van der Waals surface area contributed by atoms with Crippen LogP contribution in [0, 0.1) is 6.92 Å². The highest BCUT2D eigenvalue weighted by Crippen LogP contribution is 2.30. The molecule has 0 unspecified atom stereocenters. The first kappa shape index (κ1) is 19.3. The van der Waals surface area contributed by atoms with Crippen LogP contribution in [-0.2, 0) is 0 Å². The third-order valence-corrected chi connectivity index (χ3v) is 5.79. The van der Waals surface area contributed by atoms with Crippen molar-refractivity contribution in [3.8, 4) is 17.0 Å². The molecule has 2 aromatic carbocycles. The first-order valence-corrected chi connectivity index (χ1v) is 10.3. The molecule has 1 saturated heterocycles. The number of aromatic amines is 1. The maximum atomic E-state index is 13.9. The van der Waals surface area contributed by atoms with Gasteiger partial charge in [-0.1, -0.05) is 30.3 Å². The number of rotatable bonds is 3. The number of phenols is 1. The van der Waals surface area contributed by atoms with Gasteiger partial charge in [0.25, 0.3) is 5.91 Å². The maximum Gasteiger partial charge on any atom is 0.255 e. The van der Waals surface area contributed by atoms with E-state index in [0.717, 1.165) is 28.8 Å². The van der Waals surface area contributed by atoms with Crippen molar-refractivity contribution in [3.05, 3.63) is 77.5 Å². The average molecular weight is 413 g/mol. The highest BCUT2D eigenvalue weighted by molar-refractivity contribution is 6.07. The highest BCUT2D eigenvalue weighted by Gasteiger charge is 2.30. The molecule has 7 heteroatoms. The number of hydrogen-bond donors (Lipinski definition) is 3. The molecule has 1 aliphatic rings. The molecule has 1 aliphatic heterocycles. The van der Waals surface area contributed by atoms with Crippen LogP contribution in [0.3, 0.4) is 0 Å². The molecule has 4 aromatic rings. The van der Waals surface area contributed by atoms with Crippen LogP contribution in [0.5, 0.6) is 5.75 Å². The van der Waals surface area contributed by atoms with Crippen molar-refractivity contribution in [2.45, 2.75) is 13.0 Å². The fourth-order valence-corrected chi connectivity index (χ4v) is 4.20. The van der Waals surface area contributed by atoms with E-state index in [1.165, 1.54) is 0 Å². The van der Waals surface area contributed by atoms with Gasteiger partial charge in [-0.15, -0.1) is 0 Å². The standard InChI is InChI=1S/C24H23N5O2/c1-15-22-19(13-20(26-23(22)28-27-15)16-7-9-18(30)10-8-16)24(31)29-12-11-25-14-21(29)17-5-3-2-4-6-17/h2-10,13,21,25,30H,11-12,14H2,1H3,(H,26,27,28)/t21-/m0/s1. The van der Waals surface area contributed by atoms with Gasteiger partial charge in [-0.2, -0.15) is 5.10 Å². The predicted octanol–water partition coefficient (Wildman–Crippen LogP) is 3.43. The van der Waals surface area contributed by atoms with Crippen molar-refractivity contribution in [1.29, 1.82) is 0 Å². The van der Waals surface area contributed by atoms with Gasteiger partial charge in [-0.25, -0.2) is 4.98 Å². The Bertz CT molecular complexity index is 1230. The number of hydrogen-bond acceptors (Lipinski definition) is 5. The molecular weight excluding hydrogens is 390 g/mol. The average Bonchev–Trinajstić information content (AvgIpc) is 3.20. The number of nitrogens with zero attached hydrogens (tertiary/aromatic N) is 3. The Morgan fingerprint density at radius 3 is 2.68 bits per heavy atom. The van der Waals surface area contributed by atoms with Crippen molar-refractivity contribution in [1.82, 2.24) is 25.4 Å². The second kappa shape index (κ2) is 7.85. The summed E-state index contributed by atoms with van der Waals surface area (Å²) in [7, 11) is 0. The number of piperazine rings is 1. The largest absolute Gasteiger partial charge is 0.508 e. The van der Waals surface area contributed by atoms with E-state index in [2.05, 4.69) is 32.6 Å². The lowest BCUT2D eigenvalue weighted by atomic mass is 10.00. The zero-order valence-corrected chi connectivity index (χ0v) is 17.2. The zero-order chi connectivity index (χ0) is 21.4. The summed E-state index contributed by atoms with van der Waals surface area (Å²) in [5, 5.41) is 21.1. The van der Waals surface area contributed by atoms with Crippen molar-refractivity contribution in [2.75, 3.05) is 19.6 Å². The van der Waals surface area contributed by atoms with Gasteiger partial charge in [0.05, 0.1) is 22.7 Å². The number of aromatic hydroxyl groups is 1. The Morgan fingerprint density at radius 1 is 1.13 bits per heavy atom. The number of benzene rings is 2. The fourth-order valence-electron chi connectivity index (χ4n) is 4.20. The second-order valence-corrected chi connectivity index (χ2v) is 7.78. The topological polar surface area (TPSA) is 94.1 Å². The van der Waals surface area contributed by atoms with E-state index >= 15 is 0 Å². The third-order valence-electron chi connectivity index (χ3n) is 5.79. The van der Waals surface area contributed by atoms with Crippen molar-refractivity contribution < 1.29 is 9.90 Å². The highest BCUT2D eigenvalue weighted by atomic mass is 16.3. The Labute approximate surface area is 179 Å². The molecule has 5 rings (SSSR count). The van der Waals surface area contributed by atoms with Crippen LogP contribution in [0.1, 0.15) is 27.7 Å². The molecule has 3 heterocycles. The second-order valence-electron chi connectivity index (χ2n) is 7.78. The molecule has 1 atom stereocenters. The Morgan fingerprint density at radius 2 is 1.90 bits per heavy atom. The molecule has 156 valence electrons. The molecule has 0 aliphatic carbocycles. The number of aryl methyl sites for hydroxylation is 1. The van der Waals surface area contributed by atoms with Crippen LogP contribution in [-0.4, -0.2) is 50.7 Å². The van der Waals surface area contributed by atoms with Gasteiger partial charge in [0, 0.05) is 30.9 Å². The summed E-state index contributed by atoms with van der Waals surface area (Å²) in [4.78, 5) is 20.5. The molecule has 7 nitrogen and oxygen atoms in total. The Kier molecular flexibility index (Phi) is 4.88. The molecule has 3 N–H and O–H groups in total. The number of carbonyl (C=O) groups excluding carboxylic acids is 1. The number of fused-ring (bicyclic) bond motifs is 1. The van der Waals surface area contributed by atoms with Crippen LogP contribution in [0.15, 0.2) is 60.7 Å². The van der Waals surface area contributed by atoms with Gasteiger partial charge in [0.2, 0.25) is 0 Å². The summed E-state index contributed by atoms with van der Waals surface area (Å²) < 4.78 is 0. The minimum absolute atomic E-state index is 0.0349. The minimum atomic E-state index is -0.0463. The van der Waals surface area contributed by atoms with Crippen LogP contribution in [0.4, 0.5) is 0 Å². The van der Waals surface area contributed by atoms with Gasteiger partial charge in [-0.05, 0) is 42.8 Å². The molecule has 31 heavy (non-hydrogen) atoms. The number of nitrogens with one attached hydrogen (secondary N) is 2. The fraction of sp³-hybridized carbons (Fsp3) is 0.208. The van der Waals surface area contributed by atoms with Crippen molar-refractivity contribution in [3.63, 3.8) is 0 Å². The Balaban J connectivity index is 1.61. The quantitative estimate of drug-likeness (QED) is 0.478. The summed E-state index contributed by atoms with van der Waals surface area (Å²) in [6.45, 7) is 3.98. The van der Waals surface area contributed by atoms with Crippen molar-refractivity contribution in [2.24, 2.45) is 0 Å². The number of pyridine rings is 1. The van der Waals surface area contributed by atoms with Crippen LogP contribution >= 0.6 is 0 Å². The molecule has 0 saturated carbocycles. The normalized spacial score (nSPS) is 16.5. The number of H-pyrrole nitrogens is 1. The van der Waals surface area contributed by atoms with E-state index in [9.17, 15) is 9.90 Å². The number of phenolic OH excluding ortho intramolecular Hbond substituents is 1. The smallest absolute Gasteiger partial charge is 0.255 e. The lowest BCUT2D eigenvalue weighted by Gasteiger charge is -2.36. The molecule has 1 fully saturated rings. The summed E-state index contributed by atoms with van der Waals surface area (Å²) in [6.07, 6.45) is 0. The van der Waals surface area contributed by atoms with Gasteiger partial charge in [0.1, 0.15) is 5.75 Å². The van der Waals surface area contributed by atoms with Gasteiger partial charge >= 0.3 is 0 Å². The number of amides is 1. The van der Waals surface area contributed by atoms with E-state index in [4.69, 9.17) is 0 Å². The lowest BCUT2D eigenvalue weighted by molar-refractivity contribution is 0.0636. The number of carbonyl (C=O) groups is 1. The molecule has 0 spiro atoms. The molecule has 1 amide bonds. The SMILES string of the molecule is Cc1[nH]nc2nc(-c3ccc(O)cc3)cc(C(=O)N3CCNC[C@H]3c3ccccc3)c12. The Hall–Kier alpha value is -3.71. The van der Waals surface area contributed by atoms with E-state index in [1.54, 1.807) is 24.3 Å². The molecule has 2 aromatic heterocycles. The van der Waals surface area contributed by atoms with Gasteiger partial charge in [-0.3, -0.25) is 9.89 Å². The van der Waals surface area contributed by atoms with E-state index in [1.807, 2.05) is 36.1 Å². The molecule has 0 bridgehead atoms. The predicted molar refractivity (Wildman–Crippen MR) is 119 cm³/mol. The van der Waals surface area contributed by atoms with E-state index in [0.29, 0.717) is 30.0 Å². The summed E-state index contributed by atoms with van der Waals surface area (Å²) >= 11 is 0. The summed E-state index contributed by atoms with van der Waals surface area (Å²) in [6, 6.07) is 18.7. The minimum Gasteiger partial charge on any atom is -0.508 e. The van der Waals surface area contributed by atoms with Gasteiger partial charge in [0.15, 0.2) is 5.65 Å². The van der Waals surface area contributed by atoms with E-state index < -0.39 is 0 Å².